The molecule has 1 aliphatic rings. The van der Waals surface area contributed by atoms with Gasteiger partial charge in [0.05, 0.1) is 18.6 Å². The van der Waals surface area contributed by atoms with Gasteiger partial charge in [-0.05, 0) is 20.8 Å². The third-order valence-corrected chi connectivity index (χ3v) is 1.60. The highest BCUT2D eigenvalue weighted by molar-refractivity contribution is 4.77. The van der Waals surface area contributed by atoms with Gasteiger partial charge in [0.1, 0.15) is 0 Å². The molecule has 2 nitrogen and oxygen atoms in total. The van der Waals surface area contributed by atoms with Crippen LogP contribution in [0.4, 0.5) is 0 Å². The second-order valence-electron chi connectivity index (χ2n) is 3.42. The fourth-order valence-corrected chi connectivity index (χ4v) is 0.802. The first kappa shape index (κ1) is 4.07. The molecule has 0 saturated carbocycles. The molecule has 1 aliphatic heterocycles. The Kier molecular flexibility index (Phi) is 1.18. The lowest BCUT2D eigenvalue weighted by atomic mass is 10.1. The molecule has 60 valence electrons. The van der Waals surface area contributed by atoms with Crippen molar-refractivity contribution >= 4 is 0 Å². The van der Waals surface area contributed by atoms with Crippen molar-refractivity contribution in [1.29, 1.82) is 0 Å². The van der Waals surface area contributed by atoms with Crippen LogP contribution in [0.25, 0.3) is 0 Å². The Bertz CT molecular complexity index is 208. The summed E-state index contributed by atoms with van der Waals surface area (Å²) >= 11 is 0. The lowest BCUT2D eigenvalue weighted by Gasteiger charge is -2.38. The Balaban J connectivity index is 2.82. The minimum absolute atomic E-state index is 0.107. The molecule has 0 aromatic carbocycles. The number of nitrogens with zero attached hydrogens (tertiary/aromatic N) is 1. The summed E-state index contributed by atoms with van der Waals surface area (Å²) in [4.78, 5) is 1.76. The second-order valence-corrected chi connectivity index (χ2v) is 3.42. The van der Waals surface area contributed by atoms with Crippen molar-refractivity contribution < 1.29 is 10.2 Å². The first-order chi connectivity index (χ1) is 6.02. The molecule has 10 heavy (non-hydrogen) atoms. The smallest absolute Gasteiger partial charge is 0.0594 e. The molecule has 0 atom stereocenters. The summed E-state index contributed by atoms with van der Waals surface area (Å²) in [5, 5.41) is 0. The maximum atomic E-state index is 7.45. The highest BCUT2D eigenvalue weighted by atomic mass is 16.5. The highest BCUT2D eigenvalue weighted by Gasteiger charge is 2.22. The first-order valence-electron chi connectivity index (χ1n) is 5.47. The van der Waals surface area contributed by atoms with Crippen LogP contribution in [0.1, 0.15) is 26.3 Å². The highest BCUT2D eigenvalue weighted by Crippen LogP contribution is 2.13. The van der Waals surface area contributed by atoms with Crippen LogP contribution in [-0.2, 0) is 4.74 Å². The molecule has 1 rings (SSSR count). The summed E-state index contributed by atoms with van der Waals surface area (Å²) < 4.78 is 34.5. The van der Waals surface area contributed by atoms with E-state index in [-0.39, 0.29) is 18.6 Å². The summed E-state index contributed by atoms with van der Waals surface area (Å²) in [6.07, 6.45) is 0. The fraction of sp³-hybridized carbons (Fsp3) is 1.00. The van der Waals surface area contributed by atoms with E-state index in [0.717, 1.165) is 0 Å². The summed E-state index contributed by atoms with van der Waals surface area (Å²) in [5.74, 6) is 0. The quantitative estimate of drug-likeness (QED) is 0.509. The molecular formula is C8H17NO. The van der Waals surface area contributed by atoms with E-state index in [0.29, 0.717) is 0 Å². The van der Waals surface area contributed by atoms with Crippen LogP contribution < -0.4 is 0 Å². The van der Waals surface area contributed by atoms with Crippen molar-refractivity contribution in [1.82, 2.24) is 4.90 Å². The Hall–Kier alpha value is -0.0800. The fourth-order valence-electron chi connectivity index (χ4n) is 0.802. The lowest BCUT2D eigenvalue weighted by Crippen LogP contribution is -2.47. The molecular weight excluding hydrogens is 126 g/mol. The number of hydrogen-bond donors (Lipinski definition) is 0. The molecule has 0 aliphatic carbocycles. The van der Waals surface area contributed by atoms with Gasteiger partial charge in [0.25, 0.3) is 0 Å². The molecule has 1 fully saturated rings. The lowest BCUT2D eigenvalue weighted by molar-refractivity contribution is -0.00389. The van der Waals surface area contributed by atoms with E-state index < -0.39 is 13.1 Å². The van der Waals surface area contributed by atoms with Gasteiger partial charge in [0.2, 0.25) is 0 Å². The summed E-state index contributed by atoms with van der Waals surface area (Å²) in [6, 6.07) is 0. The third kappa shape index (κ3) is 1.96. The molecule has 2 heteroatoms. The zero-order valence-corrected chi connectivity index (χ0v) is 6.77. The standard InChI is InChI=1S/C8H17NO/c1-8(2,3)9-4-6-10-7-5-9/h4-7H2,1-3H3/i6D2,7D2. The van der Waals surface area contributed by atoms with Crippen molar-refractivity contribution in [2.75, 3.05) is 26.2 Å². The largest absolute Gasteiger partial charge is 0.379 e. The summed E-state index contributed by atoms with van der Waals surface area (Å²) in [6.45, 7) is 2.20. The van der Waals surface area contributed by atoms with Crippen molar-refractivity contribution in [3.05, 3.63) is 0 Å². The molecule has 0 bridgehead atoms. The normalized spacial score (nSPS) is 39.1. The molecule has 0 unspecified atom stereocenters. The van der Waals surface area contributed by atoms with Gasteiger partial charge < -0.3 is 4.74 Å². The average molecular weight is 147 g/mol. The predicted molar refractivity (Wildman–Crippen MR) is 42.1 cm³/mol. The minimum atomic E-state index is -1.91. The van der Waals surface area contributed by atoms with Gasteiger partial charge in [0, 0.05) is 18.6 Å². The van der Waals surface area contributed by atoms with Crippen LogP contribution in [0.5, 0.6) is 0 Å². The first-order valence-corrected chi connectivity index (χ1v) is 3.47. The molecule has 0 radical (unpaired) electrons. The van der Waals surface area contributed by atoms with Crippen LogP contribution >= 0.6 is 0 Å². The van der Waals surface area contributed by atoms with Crippen LogP contribution in [0.2, 0.25) is 0 Å². The van der Waals surface area contributed by atoms with Crippen LogP contribution in [0.15, 0.2) is 0 Å². The van der Waals surface area contributed by atoms with Crippen LogP contribution in [-0.4, -0.2) is 36.6 Å². The molecule has 0 aromatic heterocycles. The molecule has 0 aromatic rings. The zero-order valence-electron chi connectivity index (χ0n) is 10.8. The van der Waals surface area contributed by atoms with Crippen LogP contribution in [0.3, 0.4) is 0 Å². The Morgan fingerprint density at radius 2 is 1.80 bits per heavy atom. The molecule has 1 saturated heterocycles. The van der Waals surface area contributed by atoms with E-state index in [9.17, 15) is 0 Å². The van der Waals surface area contributed by atoms with E-state index in [1.807, 2.05) is 20.8 Å². The van der Waals surface area contributed by atoms with Gasteiger partial charge in [-0.15, -0.1) is 0 Å². The van der Waals surface area contributed by atoms with Crippen molar-refractivity contribution in [3.8, 4) is 0 Å². The SMILES string of the molecule is [2H]C1([2H])CN(C(C)(C)C)CC([2H])([2H])O1. The Morgan fingerprint density at radius 3 is 2.20 bits per heavy atom. The number of hydrogen-bond acceptors (Lipinski definition) is 2. The Morgan fingerprint density at radius 1 is 1.30 bits per heavy atom. The van der Waals surface area contributed by atoms with Crippen molar-refractivity contribution in [2.45, 2.75) is 26.3 Å². The summed E-state index contributed by atoms with van der Waals surface area (Å²) in [7, 11) is 0. The van der Waals surface area contributed by atoms with Crippen LogP contribution in [0, 0.1) is 0 Å². The molecule has 0 N–H and O–H groups in total. The molecule has 1 heterocycles. The van der Waals surface area contributed by atoms with Gasteiger partial charge >= 0.3 is 0 Å². The van der Waals surface area contributed by atoms with E-state index in [1.165, 1.54) is 0 Å². The van der Waals surface area contributed by atoms with Crippen molar-refractivity contribution in [2.24, 2.45) is 0 Å². The Labute approximate surface area is 68.8 Å². The predicted octanol–water partition coefficient (Wildman–Crippen LogP) is 1.12. The number of rotatable bonds is 0. The number of morpholine rings is 1. The van der Waals surface area contributed by atoms with Gasteiger partial charge in [-0.2, -0.15) is 0 Å². The van der Waals surface area contributed by atoms with Crippen molar-refractivity contribution in [3.63, 3.8) is 0 Å². The van der Waals surface area contributed by atoms with Gasteiger partial charge in [-0.1, -0.05) is 0 Å². The van der Waals surface area contributed by atoms with Gasteiger partial charge in [-0.3, -0.25) is 4.90 Å². The minimum Gasteiger partial charge on any atom is -0.379 e. The summed E-state index contributed by atoms with van der Waals surface area (Å²) in [5.41, 5.74) is -0.246. The van der Waals surface area contributed by atoms with E-state index in [2.05, 4.69) is 0 Å². The second kappa shape index (κ2) is 2.89. The average Bonchev–Trinajstić information content (AvgIpc) is 1.76. The zero-order chi connectivity index (χ0) is 11.2. The van der Waals surface area contributed by atoms with E-state index in [1.54, 1.807) is 4.90 Å². The van der Waals surface area contributed by atoms with E-state index >= 15 is 0 Å². The number of ether oxygens (including phenoxy) is 1. The maximum absolute atomic E-state index is 7.45. The molecule has 0 spiro atoms. The van der Waals surface area contributed by atoms with E-state index in [4.69, 9.17) is 10.2 Å². The third-order valence-electron chi connectivity index (χ3n) is 1.60. The van der Waals surface area contributed by atoms with Gasteiger partial charge in [0.15, 0.2) is 0 Å². The maximum Gasteiger partial charge on any atom is 0.0594 e. The molecule has 0 amide bonds. The topological polar surface area (TPSA) is 12.5 Å². The monoisotopic (exact) mass is 147 g/mol. The van der Waals surface area contributed by atoms with Gasteiger partial charge in [-0.25, -0.2) is 0 Å².